The van der Waals surface area contributed by atoms with Crippen LogP contribution in [0.15, 0.2) is 84.9 Å². The van der Waals surface area contributed by atoms with Gasteiger partial charge in [-0.05, 0) is 77.2 Å². The number of hydrogen-bond donors (Lipinski definition) is 2. The summed E-state index contributed by atoms with van der Waals surface area (Å²) in [5.41, 5.74) is 8.98. The van der Waals surface area contributed by atoms with Gasteiger partial charge in [-0.15, -0.1) is 0 Å². The van der Waals surface area contributed by atoms with Gasteiger partial charge in [0.05, 0.1) is 34.0 Å². The fourth-order valence-electron chi connectivity index (χ4n) is 4.76. The van der Waals surface area contributed by atoms with Crippen LogP contribution in [0.25, 0.3) is 11.1 Å². The Morgan fingerprint density at radius 1 is 0.723 bits per heavy atom. The van der Waals surface area contributed by atoms with Crippen LogP contribution in [0.1, 0.15) is 34.3 Å². The summed E-state index contributed by atoms with van der Waals surface area (Å²) in [4.78, 5) is 37.4. The molecule has 3 N–H and O–H groups in total. The Morgan fingerprint density at radius 3 is 1.94 bits per heavy atom. The molecule has 0 saturated carbocycles. The minimum atomic E-state index is -0.991. The number of primary amides is 1. The topological polar surface area (TPSA) is 145 Å². The Kier molecular flexibility index (Phi) is 12.2. The third-order valence-electron chi connectivity index (χ3n) is 7.28. The summed E-state index contributed by atoms with van der Waals surface area (Å²) in [6.07, 6.45) is -0.0558. The summed E-state index contributed by atoms with van der Waals surface area (Å²) in [6.45, 7) is 0.568. The molecule has 0 aromatic heterocycles. The predicted octanol–water partition coefficient (Wildman–Crippen LogP) is 5.07. The molecular formula is C36H38N2O9. The molecule has 0 aliphatic rings. The SMILES string of the molecule is COc1cccc(COc2ccc(-c3ccc(C(=O)OC(=O)[C@H](CCC(N)=O)NCc4cc(OC)c(OC)c(OC)c4)cc3)cc2)c1. The molecule has 0 bridgehead atoms. The molecule has 4 aromatic rings. The number of nitrogens with two attached hydrogens (primary N) is 1. The molecule has 0 aliphatic heterocycles. The number of carbonyl (C=O) groups excluding carboxylic acids is 3. The van der Waals surface area contributed by atoms with Crippen LogP contribution in [0, 0.1) is 0 Å². The number of nitrogens with one attached hydrogen (secondary N) is 1. The highest BCUT2D eigenvalue weighted by molar-refractivity contribution is 5.98. The highest BCUT2D eigenvalue weighted by Gasteiger charge is 2.24. The van der Waals surface area contributed by atoms with E-state index in [0.717, 1.165) is 22.4 Å². The molecule has 1 atom stereocenters. The van der Waals surface area contributed by atoms with Gasteiger partial charge < -0.3 is 39.5 Å². The first-order valence-corrected chi connectivity index (χ1v) is 14.8. The van der Waals surface area contributed by atoms with E-state index in [2.05, 4.69) is 5.32 Å². The lowest BCUT2D eigenvalue weighted by Gasteiger charge is -2.18. The molecule has 11 nitrogen and oxygen atoms in total. The normalized spacial score (nSPS) is 11.2. The van der Waals surface area contributed by atoms with E-state index in [0.29, 0.717) is 35.2 Å². The van der Waals surface area contributed by atoms with E-state index in [1.807, 2.05) is 48.5 Å². The number of ether oxygens (including phenoxy) is 6. The first kappa shape index (κ1) is 34.3. The summed E-state index contributed by atoms with van der Waals surface area (Å²) in [6, 6.07) is 24.4. The van der Waals surface area contributed by atoms with E-state index in [-0.39, 0.29) is 24.9 Å². The number of esters is 2. The molecule has 11 heteroatoms. The maximum atomic E-state index is 13.1. The lowest BCUT2D eigenvalue weighted by molar-refractivity contribution is -0.140. The van der Waals surface area contributed by atoms with E-state index in [1.54, 1.807) is 43.5 Å². The Balaban J connectivity index is 1.37. The molecular weight excluding hydrogens is 604 g/mol. The van der Waals surface area contributed by atoms with E-state index in [1.165, 1.54) is 21.3 Å². The molecule has 47 heavy (non-hydrogen) atoms. The second-order valence-electron chi connectivity index (χ2n) is 10.4. The highest BCUT2D eigenvalue weighted by Crippen LogP contribution is 2.38. The van der Waals surface area contributed by atoms with Crippen molar-refractivity contribution in [3.8, 4) is 39.9 Å². The van der Waals surface area contributed by atoms with Crippen molar-refractivity contribution in [2.24, 2.45) is 5.73 Å². The van der Waals surface area contributed by atoms with Crippen LogP contribution in [0.3, 0.4) is 0 Å². The van der Waals surface area contributed by atoms with Gasteiger partial charge in [0.15, 0.2) is 11.5 Å². The number of rotatable bonds is 16. The molecule has 1 amide bonds. The number of methoxy groups -OCH3 is 4. The first-order chi connectivity index (χ1) is 22.7. The Hall–Kier alpha value is -5.55. The van der Waals surface area contributed by atoms with Crippen LogP contribution in [-0.2, 0) is 27.5 Å². The summed E-state index contributed by atoms with van der Waals surface area (Å²) >= 11 is 0. The van der Waals surface area contributed by atoms with Crippen molar-refractivity contribution in [1.29, 1.82) is 0 Å². The first-order valence-electron chi connectivity index (χ1n) is 14.8. The molecule has 0 heterocycles. The third-order valence-corrected chi connectivity index (χ3v) is 7.28. The largest absolute Gasteiger partial charge is 0.497 e. The zero-order valence-corrected chi connectivity index (χ0v) is 26.7. The van der Waals surface area contributed by atoms with Gasteiger partial charge in [0.1, 0.15) is 24.1 Å². The number of carbonyl (C=O) groups is 3. The van der Waals surface area contributed by atoms with Crippen molar-refractivity contribution in [2.45, 2.75) is 32.0 Å². The fraction of sp³-hybridized carbons (Fsp3) is 0.250. The van der Waals surface area contributed by atoms with Gasteiger partial charge in [-0.1, -0.05) is 36.4 Å². The maximum Gasteiger partial charge on any atom is 0.345 e. The van der Waals surface area contributed by atoms with E-state index < -0.39 is 23.9 Å². The van der Waals surface area contributed by atoms with Crippen LogP contribution < -0.4 is 34.7 Å². The molecule has 0 saturated heterocycles. The minimum absolute atomic E-state index is 0.0318. The summed E-state index contributed by atoms with van der Waals surface area (Å²) in [7, 11) is 6.11. The average Bonchev–Trinajstić information content (AvgIpc) is 3.10. The molecule has 4 rings (SSSR count). The average molecular weight is 643 g/mol. The number of benzene rings is 4. The molecule has 0 radical (unpaired) electrons. The Morgan fingerprint density at radius 2 is 1.36 bits per heavy atom. The van der Waals surface area contributed by atoms with E-state index in [9.17, 15) is 14.4 Å². The van der Waals surface area contributed by atoms with Crippen LogP contribution in [-0.4, -0.2) is 52.3 Å². The van der Waals surface area contributed by atoms with Crippen LogP contribution in [0.4, 0.5) is 0 Å². The van der Waals surface area contributed by atoms with Crippen molar-refractivity contribution in [3.05, 3.63) is 102 Å². The standard InChI is InChI=1S/C36H38N2O9/c1-42-29-7-5-6-23(18-29)22-46-28-14-12-26(13-15-28)25-8-10-27(11-9-25)35(40)47-36(41)30(16-17-33(37)39)38-21-24-19-31(43-2)34(45-4)32(20-24)44-3/h5-15,18-20,30,38H,16-17,21-22H2,1-4H3,(H2,37,39)/t30-/m0/s1. The van der Waals surface area contributed by atoms with E-state index in [4.69, 9.17) is 34.2 Å². The van der Waals surface area contributed by atoms with Crippen molar-refractivity contribution in [1.82, 2.24) is 5.32 Å². The Labute approximate surface area is 273 Å². The second-order valence-corrected chi connectivity index (χ2v) is 10.4. The molecule has 246 valence electrons. The van der Waals surface area contributed by atoms with Gasteiger partial charge in [0.2, 0.25) is 11.7 Å². The zero-order chi connectivity index (χ0) is 33.8. The van der Waals surface area contributed by atoms with Gasteiger partial charge >= 0.3 is 11.9 Å². The van der Waals surface area contributed by atoms with Gasteiger partial charge in [0.25, 0.3) is 0 Å². The molecule has 0 unspecified atom stereocenters. The van der Waals surface area contributed by atoms with Crippen LogP contribution in [0.5, 0.6) is 28.7 Å². The maximum absolute atomic E-state index is 13.1. The van der Waals surface area contributed by atoms with Crippen LogP contribution >= 0.6 is 0 Å². The summed E-state index contributed by atoms with van der Waals surface area (Å²) in [5, 5.41) is 3.04. The molecule has 4 aromatic carbocycles. The quantitative estimate of drug-likeness (QED) is 0.125. The van der Waals surface area contributed by atoms with Crippen molar-refractivity contribution in [2.75, 3.05) is 28.4 Å². The van der Waals surface area contributed by atoms with Gasteiger partial charge in [-0.3, -0.25) is 4.79 Å². The molecule has 0 aliphatic carbocycles. The second kappa shape index (κ2) is 16.7. The molecule has 0 spiro atoms. The van der Waals surface area contributed by atoms with Gasteiger partial charge in [-0.2, -0.15) is 0 Å². The van der Waals surface area contributed by atoms with E-state index >= 15 is 0 Å². The number of hydrogen-bond acceptors (Lipinski definition) is 10. The fourth-order valence-corrected chi connectivity index (χ4v) is 4.76. The van der Waals surface area contributed by atoms with Crippen LogP contribution in [0.2, 0.25) is 0 Å². The van der Waals surface area contributed by atoms with Gasteiger partial charge in [-0.25, -0.2) is 9.59 Å². The lowest BCUT2D eigenvalue weighted by Crippen LogP contribution is -2.39. The minimum Gasteiger partial charge on any atom is -0.497 e. The monoisotopic (exact) mass is 642 g/mol. The van der Waals surface area contributed by atoms with Gasteiger partial charge in [0, 0.05) is 13.0 Å². The van der Waals surface area contributed by atoms with Crippen molar-refractivity contribution < 1.29 is 42.8 Å². The Bertz CT molecular complexity index is 1650. The lowest BCUT2D eigenvalue weighted by atomic mass is 10.0. The molecule has 0 fully saturated rings. The summed E-state index contributed by atoms with van der Waals surface area (Å²) < 4.78 is 32.5. The smallest absolute Gasteiger partial charge is 0.345 e. The summed E-state index contributed by atoms with van der Waals surface area (Å²) in [5.74, 6) is 0.533. The van der Waals surface area contributed by atoms with Crippen molar-refractivity contribution in [3.63, 3.8) is 0 Å². The number of amides is 1. The van der Waals surface area contributed by atoms with Crippen molar-refractivity contribution >= 4 is 17.8 Å². The predicted molar refractivity (Wildman–Crippen MR) is 175 cm³/mol. The highest BCUT2D eigenvalue weighted by atomic mass is 16.6. The zero-order valence-electron chi connectivity index (χ0n) is 26.7. The third kappa shape index (κ3) is 9.47.